The molecule has 1 aliphatic heterocycles. The van der Waals surface area contributed by atoms with Crippen LogP contribution in [0.2, 0.25) is 0 Å². The summed E-state index contributed by atoms with van der Waals surface area (Å²) in [6.45, 7) is 2.86. The van der Waals surface area contributed by atoms with E-state index in [1.165, 1.54) is 5.57 Å². The van der Waals surface area contributed by atoms with Gasteiger partial charge in [0.05, 0.1) is 12.4 Å². The van der Waals surface area contributed by atoms with Gasteiger partial charge in [0.15, 0.2) is 29.6 Å². The fraction of sp³-hybridized carbons (Fsp3) is 0.692. The van der Waals surface area contributed by atoms with Crippen molar-refractivity contribution >= 4 is 11.6 Å². The van der Waals surface area contributed by atoms with Gasteiger partial charge in [-0.3, -0.25) is 9.59 Å². The largest absolute Gasteiger partial charge is 0.464 e. The number of carbonyl (C=O) groups excluding carboxylic acids is 2. The Morgan fingerprint density at radius 3 is 2.78 bits per heavy atom. The van der Waals surface area contributed by atoms with Crippen molar-refractivity contribution < 1.29 is 27.9 Å². The first-order valence-corrected chi connectivity index (χ1v) is 12.1. The Labute approximate surface area is 187 Å². The van der Waals surface area contributed by atoms with Crippen LogP contribution in [0.3, 0.4) is 0 Å². The molecule has 8 atom stereocenters. The van der Waals surface area contributed by atoms with Crippen LogP contribution in [0.5, 0.6) is 0 Å². The van der Waals surface area contributed by atoms with Crippen molar-refractivity contribution in [1.82, 2.24) is 0 Å². The normalized spacial score (nSPS) is 47.3. The van der Waals surface area contributed by atoms with Crippen LogP contribution in [0.15, 0.2) is 34.5 Å². The molecule has 0 spiro atoms. The lowest BCUT2D eigenvalue weighted by molar-refractivity contribution is -0.234. The molecule has 3 saturated carbocycles. The number of hydrogen-bond acceptors (Lipinski definition) is 5. The fourth-order valence-corrected chi connectivity index (χ4v) is 8.38. The van der Waals surface area contributed by atoms with Crippen molar-refractivity contribution in [2.24, 2.45) is 29.1 Å². The zero-order chi connectivity index (χ0) is 22.3. The number of halogens is 1. The molecule has 0 N–H and O–H groups in total. The summed E-state index contributed by atoms with van der Waals surface area (Å²) in [4.78, 5) is 25.3. The van der Waals surface area contributed by atoms with Crippen molar-refractivity contribution in [3.05, 3.63) is 35.8 Å². The molecule has 6 heteroatoms. The maximum atomic E-state index is 14.0. The molecule has 0 radical (unpaired) electrons. The third kappa shape index (κ3) is 2.51. The molecular weight excluding hydrogens is 410 g/mol. The number of rotatable bonds is 3. The average Bonchev–Trinajstić information content (AvgIpc) is 3.47. The molecule has 0 bridgehead atoms. The zero-order valence-corrected chi connectivity index (χ0v) is 18.8. The Balaban J connectivity index is 1.38. The van der Waals surface area contributed by atoms with Gasteiger partial charge >= 0.3 is 0 Å². The van der Waals surface area contributed by atoms with Crippen molar-refractivity contribution in [1.29, 1.82) is 0 Å². The van der Waals surface area contributed by atoms with E-state index in [2.05, 4.69) is 6.92 Å². The molecule has 1 aromatic rings. The number of furan rings is 1. The van der Waals surface area contributed by atoms with Gasteiger partial charge in [-0.2, -0.15) is 0 Å². The third-order valence-corrected chi connectivity index (χ3v) is 9.69. The first-order valence-electron chi connectivity index (χ1n) is 12.1. The maximum absolute atomic E-state index is 14.0. The van der Waals surface area contributed by atoms with Gasteiger partial charge in [-0.15, -0.1) is 0 Å². The molecule has 4 fully saturated rings. The van der Waals surface area contributed by atoms with Crippen LogP contribution in [0, 0.1) is 29.1 Å². The summed E-state index contributed by atoms with van der Waals surface area (Å²) in [7, 11) is 0. The number of ether oxygens (including phenoxy) is 2. The second-order valence-electron chi connectivity index (χ2n) is 10.9. The SMILES string of the molecule is CC1(c2ccco2)O[C@@H]2CC3C4CCC5=CC(=O)CC[C@@H]5C4CC[C@]3(C)[C@]2(C(=O)C[18F])O1. The number of fused-ring (bicyclic) bond motifs is 7. The first-order chi connectivity index (χ1) is 15.3. The van der Waals surface area contributed by atoms with Crippen molar-refractivity contribution in [3.8, 4) is 0 Å². The van der Waals surface area contributed by atoms with Gasteiger partial charge in [0.2, 0.25) is 5.79 Å². The molecule has 4 unspecified atom stereocenters. The van der Waals surface area contributed by atoms with E-state index in [1.807, 2.05) is 6.08 Å². The molecule has 1 aromatic heterocycles. The summed E-state index contributed by atoms with van der Waals surface area (Å²) >= 11 is 0. The van der Waals surface area contributed by atoms with Crippen LogP contribution in [-0.2, 0) is 24.8 Å². The average molecular weight is 442 g/mol. The van der Waals surface area contributed by atoms with E-state index in [0.29, 0.717) is 36.4 Å². The minimum atomic E-state index is -1.29. The van der Waals surface area contributed by atoms with E-state index in [1.54, 1.807) is 25.3 Å². The first kappa shape index (κ1) is 20.8. The number of carbonyl (C=O) groups is 2. The van der Waals surface area contributed by atoms with E-state index in [9.17, 15) is 14.0 Å². The number of allylic oxidation sites excluding steroid dienone is 1. The van der Waals surface area contributed by atoms with Gasteiger partial charge in [0.25, 0.3) is 0 Å². The minimum absolute atomic E-state index is 0.238. The molecule has 6 rings (SSSR count). The van der Waals surface area contributed by atoms with Gasteiger partial charge in [-0.1, -0.05) is 12.5 Å². The molecule has 0 amide bonds. The smallest absolute Gasteiger partial charge is 0.226 e. The van der Waals surface area contributed by atoms with E-state index < -0.39 is 35.4 Å². The second kappa shape index (κ2) is 6.86. The molecule has 172 valence electrons. The number of ketones is 2. The van der Waals surface area contributed by atoms with E-state index in [4.69, 9.17) is 13.9 Å². The van der Waals surface area contributed by atoms with Crippen molar-refractivity contribution in [2.45, 2.75) is 76.3 Å². The van der Waals surface area contributed by atoms with Gasteiger partial charge in [-0.05, 0) is 87.3 Å². The quantitative estimate of drug-likeness (QED) is 0.668. The van der Waals surface area contributed by atoms with Crippen LogP contribution in [-0.4, -0.2) is 29.9 Å². The molecular formula is C26H31FO5. The van der Waals surface area contributed by atoms with E-state index in [-0.39, 0.29) is 11.7 Å². The van der Waals surface area contributed by atoms with Gasteiger partial charge in [0, 0.05) is 11.8 Å². The van der Waals surface area contributed by atoms with Crippen LogP contribution in [0.1, 0.15) is 64.6 Å². The highest BCUT2D eigenvalue weighted by Gasteiger charge is 2.76. The van der Waals surface area contributed by atoms with Crippen LogP contribution in [0.25, 0.3) is 0 Å². The third-order valence-electron chi connectivity index (χ3n) is 9.69. The lowest BCUT2D eigenvalue weighted by Crippen LogP contribution is -2.60. The Hall–Kier alpha value is -1.79. The summed E-state index contributed by atoms with van der Waals surface area (Å²) in [6.07, 6.45) is 8.99. The summed E-state index contributed by atoms with van der Waals surface area (Å²) in [5, 5.41) is 0. The Morgan fingerprint density at radius 2 is 2.03 bits per heavy atom. The highest BCUT2D eigenvalue weighted by Crippen LogP contribution is 2.69. The number of hydrogen-bond donors (Lipinski definition) is 0. The predicted molar refractivity (Wildman–Crippen MR) is 113 cm³/mol. The summed E-state index contributed by atoms with van der Waals surface area (Å²) in [5.41, 5.74) is -0.452. The van der Waals surface area contributed by atoms with Crippen LogP contribution < -0.4 is 0 Å². The second-order valence-corrected chi connectivity index (χ2v) is 10.9. The molecule has 1 saturated heterocycles. The highest BCUT2D eigenvalue weighted by atomic mass is 18.2. The minimum Gasteiger partial charge on any atom is -0.464 e. The number of Topliss-reactive ketones (excluding diaryl/α,β-unsaturated/α-hetero) is 1. The summed E-state index contributed by atoms with van der Waals surface area (Å²) < 4.78 is 32.6. The summed E-state index contributed by atoms with van der Waals surface area (Å²) in [6, 6.07) is 3.55. The topological polar surface area (TPSA) is 65.7 Å². The van der Waals surface area contributed by atoms with Crippen LogP contribution >= 0.6 is 0 Å². The molecule has 32 heavy (non-hydrogen) atoms. The zero-order valence-electron chi connectivity index (χ0n) is 18.8. The predicted octanol–water partition coefficient (Wildman–Crippen LogP) is 4.90. The molecule has 5 aliphatic rings. The molecule has 0 aromatic carbocycles. The lowest BCUT2D eigenvalue weighted by atomic mass is 9.50. The monoisotopic (exact) mass is 441 g/mol. The highest BCUT2D eigenvalue weighted by molar-refractivity contribution is 5.92. The van der Waals surface area contributed by atoms with Crippen LogP contribution in [0.4, 0.5) is 4.39 Å². The van der Waals surface area contributed by atoms with E-state index in [0.717, 1.165) is 32.1 Å². The van der Waals surface area contributed by atoms with Gasteiger partial charge < -0.3 is 13.9 Å². The molecule has 5 nitrogen and oxygen atoms in total. The van der Waals surface area contributed by atoms with Crippen molar-refractivity contribution in [2.75, 3.05) is 6.67 Å². The Bertz CT molecular complexity index is 984. The fourth-order valence-electron chi connectivity index (χ4n) is 8.38. The Morgan fingerprint density at radius 1 is 1.19 bits per heavy atom. The molecule has 4 aliphatic carbocycles. The molecule has 2 heterocycles. The van der Waals surface area contributed by atoms with Gasteiger partial charge in [0.1, 0.15) is 0 Å². The van der Waals surface area contributed by atoms with Gasteiger partial charge in [-0.25, -0.2) is 4.39 Å². The maximum Gasteiger partial charge on any atom is 0.226 e. The number of alkyl halides is 1. The lowest BCUT2D eigenvalue weighted by Gasteiger charge is -2.55. The summed E-state index contributed by atoms with van der Waals surface area (Å²) in [5.74, 6) is 0.747. The van der Waals surface area contributed by atoms with Crippen molar-refractivity contribution in [3.63, 3.8) is 0 Å². The van der Waals surface area contributed by atoms with E-state index >= 15 is 0 Å². The standard InChI is InChI=1S/C26H31FO5/c1-24-10-9-18-17-8-6-16(28)12-15(17)5-7-19(18)20(24)13-23-26(24,21(29)14-27)32-25(2,31-23)22-4-3-11-30-22/h3-4,11-12,17-20,23H,5-10,13-14H2,1-2H3/t17-,18?,19?,20?,23+,24-,25?,26+/m0/s1/i27-1. The Kier molecular flexibility index (Phi) is 4.46.